The first-order valence-electron chi connectivity index (χ1n) is 6.33. The second kappa shape index (κ2) is 4.91. The van der Waals surface area contributed by atoms with E-state index in [0.717, 1.165) is 37.1 Å². The van der Waals surface area contributed by atoms with E-state index in [1.165, 1.54) is 0 Å². The lowest BCUT2D eigenvalue weighted by atomic mass is 9.69. The third-order valence-corrected chi connectivity index (χ3v) is 4.01. The molecule has 0 unspecified atom stereocenters. The molecule has 0 spiro atoms. The highest BCUT2D eigenvalue weighted by atomic mass is 16.1. The fourth-order valence-corrected chi connectivity index (χ4v) is 2.87. The second-order valence-corrected chi connectivity index (χ2v) is 5.03. The highest BCUT2D eigenvalue weighted by Gasteiger charge is 2.39. The topological polar surface area (TPSA) is 52.9 Å². The quantitative estimate of drug-likeness (QED) is 0.863. The van der Waals surface area contributed by atoms with Crippen molar-refractivity contribution in [3.63, 3.8) is 0 Å². The summed E-state index contributed by atoms with van der Waals surface area (Å²) in [6.07, 6.45) is 1.64. The van der Waals surface area contributed by atoms with E-state index >= 15 is 0 Å². The predicted molar refractivity (Wildman–Crippen MR) is 70.4 cm³/mol. The Hall–Kier alpha value is -1.66. The molecule has 0 amide bonds. The molecular weight excluding hydrogens is 224 g/mol. The third kappa shape index (κ3) is 2.04. The largest absolute Gasteiger partial charge is 0.317 e. The molecule has 1 aromatic rings. The SMILES string of the molecule is CC(=O)C1(c2cc(C#N)ccc2C)CCNCC1. The Balaban J connectivity index is 2.55. The maximum absolute atomic E-state index is 12.2. The Morgan fingerprint density at radius 2 is 2.06 bits per heavy atom. The number of nitrogens with zero attached hydrogens (tertiary/aromatic N) is 1. The average Bonchev–Trinajstić information content (AvgIpc) is 2.40. The zero-order valence-corrected chi connectivity index (χ0v) is 10.9. The van der Waals surface area contributed by atoms with E-state index in [4.69, 9.17) is 5.26 Å². The van der Waals surface area contributed by atoms with Crippen LogP contribution in [0.1, 0.15) is 36.5 Å². The maximum atomic E-state index is 12.2. The number of nitrogens with one attached hydrogen (secondary N) is 1. The number of carbonyl (C=O) groups is 1. The Kier molecular flexibility index (Phi) is 3.49. The van der Waals surface area contributed by atoms with Crippen LogP contribution < -0.4 is 5.32 Å². The molecule has 1 heterocycles. The first kappa shape index (κ1) is 12.8. The summed E-state index contributed by atoms with van der Waals surface area (Å²) in [6.45, 7) is 5.40. The van der Waals surface area contributed by atoms with Crippen LogP contribution in [-0.2, 0) is 10.2 Å². The van der Waals surface area contributed by atoms with Crippen LogP contribution in [-0.4, -0.2) is 18.9 Å². The van der Waals surface area contributed by atoms with Gasteiger partial charge in [-0.2, -0.15) is 5.26 Å². The summed E-state index contributed by atoms with van der Waals surface area (Å²) >= 11 is 0. The number of rotatable bonds is 2. The van der Waals surface area contributed by atoms with E-state index in [9.17, 15) is 4.79 Å². The Labute approximate surface area is 108 Å². The second-order valence-electron chi connectivity index (χ2n) is 5.03. The molecule has 3 nitrogen and oxygen atoms in total. The monoisotopic (exact) mass is 242 g/mol. The molecule has 1 aromatic carbocycles. The summed E-state index contributed by atoms with van der Waals surface area (Å²) in [4.78, 5) is 12.2. The zero-order valence-electron chi connectivity index (χ0n) is 10.9. The summed E-state index contributed by atoms with van der Waals surface area (Å²) in [7, 11) is 0. The minimum atomic E-state index is -0.401. The maximum Gasteiger partial charge on any atom is 0.140 e. The van der Waals surface area contributed by atoms with Crippen molar-refractivity contribution in [2.75, 3.05) is 13.1 Å². The number of ketones is 1. The van der Waals surface area contributed by atoms with Gasteiger partial charge in [0.1, 0.15) is 5.78 Å². The highest BCUT2D eigenvalue weighted by Crippen LogP contribution is 2.36. The summed E-state index contributed by atoms with van der Waals surface area (Å²) in [5, 5.41) is 12.3. The zero-order chi connectivity index (χ0) is 13.2. The van der Waals surface area contributed by atoms with Gasteiger partial charge < -0.3 is 5.32 Å². The van der Waals surface area contributed by atoms with Gasteiger partial charge in [0.2, 0.25) is 0 Å². The van der Waals surface area contributed by atoms with Crippen molar-refractivity contribution in [2.45, 2.75) is 32.1 Å². The molecule has 0 atom stereocenters. The molecule has 3 heteroatoms. The van der Waals surface area contributed by atoms with Crippen LogP contribution in [0.5, 0.6) is 0 Å². The van der Waals surface area contributed by atoms with Gasteiger partial charge >= 0.3 is 0 Å². The van der Waals surface area contributed by atoms with Crippen molar-refractivity contribution in [2.24, 2.45) is 0 Å². The molecule has 0 aliphatic carbocycles. The average molecular weight is 242 g/mol. The van der Waals surface area contributed by atoms with E-state index in [2.05, 4.69) is 11.4 Å². The van der Waals surface area contributed by atoms with Crippen LogP contribution in [0.3, 0.4) is 0 Å². The highest BCUT2D eigenvalue weighted by molar-refractivity contribution is 5.88. The molecule has 0 aromatic heterocycles. The minimum Gasteiger partial charge on any atom is -0.317 e. The Morgan fingerprint density at radius 1 is 1.39 bits per heavy atom. The fourth-order valence-electron chi connectivity index (χ4n) is 2.87. The van der Waals surface area contributed by atoms with Gasteiger partial charge in [-0.15, -0.1) is 0 Å². The van der Waals surface area contributed by atoms with Crippen LogP contribution >= 0.6 is 0 Å². The fraction of sp³-hybridized carbons (Fsp3) is 0.467. The summed E-state index contributed by atoms with van der Waals surface area (Å²) in [5.74, 6) is 0.210. The van der Waals surface area contributed by atoms with Crippen LogP contribution in [0.15, 0.2) is 18.2 Å². The van der Waals surface area contributed by atoms with Crippen molar-refractivity contribution >= 4 is 5.78 Å². The molecule has 0 bridgehead atoms. The Bertz CT molecular complexity index is 508. The number of nitriles is 1. The van der Waals surface area contributed by atoms with E-state index in [0.29, 0.717) is 5.56 Å². The van der Waals surface area contributed by atoms with Gasteiger partial charge in [0.25, 0.3) is 0 Å². The van der Waals surface area contributed by atoms with Gasteiger partial charge in [-0.3, -0.25) is 4.79 Å². The lowest BCUT2D eigenvalue weighted by Gasteiger charge is -2.37. The smallest absolute Gasteiger partial charge is 0.140 e. The van der Waals surface area contributed by atoms with Crippen LogP contribution in [0.4, 0.5) is 0 Å². The normalized spacial score (nSPS) is 18.1. The predicted octanol–water partition coefficient (Wildman–Crippen LogP) is 2.08. The number of hydrogen-bond donors (Lipinski definition) is 1. The first-order chi connectivity index (χ1) is 8.60. The molecule has 1 aliphatic heterocycles. The molecule has 1 saturated heterocycles. The van der Waals surface area contributed by atoms with Gasteiger partial charge in [0, 0.05) is 0 Å². The van der Waals surface area contributed by atoms with E-state index in [1.54, 1.807) is 6.92 Å². The molecule has 1 fully saturated rings. The molecule has 0 radical (unpaired) electrons. The van der Waals surface area contributed by atoms with Crippen molar-refractivity contribution in [1.29, 1.82) is 5.26 Å². The number of Topliss-reactive ketones (excluding diaryl/α,β-unsaturated/α-hetero) is 1. The first-order valence-corrected chi connectivity index (χ1v) is 6.33. The van der Waals surface area contributed by atoms with E-state index in [-0.39, 0.29) is 5.78 Å². The van der Waals surface area contributed by atoms with Gasteiger partial charge in [-0.25, -0.2) is 0 Å². The van der Waals surface area contributed by atoms with E-state index in [1.807, 2.05) is 25.1 Å². The summed E-state index contributed by atoms with van der Waals surface area (Å²) in [5.41, 5.74) is 2.37. The van der Waals surface area contributed by atoms with Gasteiger partial charge in [-0.05, 0) is 63.0 Å². The molecule has 94 valence electrons. The van der Waals surface area contributed by atoms with Crippen molar-refractivity contribution in [3.8, 4) is 6.07 Å². The number of piperidine rings is 1. The number of hydrogen-bond acceptors (Lipinski definition) is 3. The third-order valence-electron chi connectivity index (χ3n) is 4.01. The van der Waals surface area contributed by atoms with Gasteiger partial charge in [-0.1, -0.05) is 6.07 Å². The van der Waals surface area contributed by atoms with Crippen molar-refractivity contribution in [1.82, 2.24) is 5.32 Å². The number of aryl methyl sites for hydroxylation is 1. The summed E-state index contributed by atoms with van der Waals surface area (Å²) < 4.78 is 0. The molecular formula is C15H18N2O. The van der Waals surface area contributed by atoms with Gasteiger partial charge in [0.05, 0.1) is 17.0 Å². The molecule has 2 rings (SSSR count). The Morgan fingerprint density at radius 3 is 2.61 bits per heavy atom. The van der Waals surface area contributed by atoms with Gasteiger partial charge in [0.15, 0.2) is 0 Å². The minimum absolute atomic E-state index is 0.210. The number of carbonyl (C=O) groups excluding carboxylic acids is 1. The van der Waals surface area contributed by atoms with Crippen LogP contribution in [0.25, 0.3) is 0 Å². The number of benzene rings is 1. The van der Waals surface area contributed by atoms with E-state index < -0.39 is 5.41 Å². The molecule has 0 saturated carbocycles. The lowest BCUT2D eigenvalue weighted by molar-refractivity contribution is -0.123. The van der Waals surface area contributed by atoms with Crippen molar-refractivity contribution < 1.29 is 4.79 Å². The lowest BCUT2D eigenvalue weighted by Crippen LogP contribution is -2.45. The standard InChI is InChI=1S/C15H18N2O/c1-11-3-4-13(10-16)9-14(11)15(12(2)18)5-7-17-8-6-15/h3-4,9,17H,5-8H2,1-2H3. The van der Waals surface area contributed by atoms with Crippen LogP contribution in [0.2, 0.25) is 0 Å². The van der Waals surface area contributed by atoms with Crippen molar-refractivity contribution in [3.05, 3.63) is 34.9 Å². The molecule has 1 aliphatic rings. The molecule has 18 heavy (non-hydrogen) atoms. The summed E-state index contributed by atoms with van der Waals surface area (Å²) in [6, 6.07) is 7.81. The molecule has 1 N–H and O–H groups in total. The van der Waals surface area contributed by atoms with Crippen LogP contribution in [0, 0.1) is 18.3 Å².